The third kappa shape index (κ3) is 8.95. The molecule has 1 aromatic carbocycles. The molecular weight excluding hydrogens is 430 g/mol. The Labute approximate surface area is 213 Å². The number of unbranched alkanes of at least 4 members (excludes halogenated alkanes) is 7. The van der Waals surface area contributed by atoms with Gasteiger partial charge in [-0.3, -0.25) is 0 Å². The minimum Gasteiger partial charge on any atom is -0.493 e. The molecule has 1 fully saturated rings. The maximum Gasteiger partial charge on any atom is 0.159 e. The molecule has 0 saturated heterocycles. The van der Waals surface area contributed by atoms with E-state index in [4.69, 9.17) is 4.74 Å². The molecule has 35 heavy (non-hydrogen) atoms. The highest BCUT2D eigenvalue weighted by atomic mass is 16.5. The van der Waals surface area contributed by atoms with E-state index in [-0.39, 0.29) is 5.41 Å². The van der Waals surface area contributed by atoms with Crippen LogP contribution in [0.1, 0.15) is 109 Å². The third-order valence-corrected chi connectivity index (χ3v) is 7.68. The smallest absolute Gasteiger partial charge is 0.159 e. The summed E-state index contributed by atoms with van der Waals surface area (Å²) in [6.07, 6.45) is 21.7. The molecule has 0 aliphatic heterocycles. The number of nitrogens with zero attached hydrogens (tertiary/aromatic N) is 3. The number of ether oxygens (including phenoxy) is 1. The summed E-state index contributed by atoms with van der Waals surface area (Å²) in [6, 6.07) is 10.8. The molecule has 0 amide bonds. The summed E-state index contributed by atoms with van der Waals surface area (Å²) in [4.78, 5) is 9.12. The fourth-order valence-electron chi connectivity index (χ4n) is 5.18. The predicted octanol–water partition coefficient (Wildman–Crippen LogP) is 8.71. The number of rotatable bonds is 15. The molecule has 0 spiro atoms. The van der Waals surface area contributed by atoms with Crippen LogP contribution in [0.3, 0.4) is 0 Å². The topological polar surface area (TPSA) is 58.8 Å². The van der Waals surface area contributed by atoms with Crippen molar-refractivity contribution in [2.24, 2.45) is 11.3 Å². The van der Waals surface area contributed by atoms with Gasteiger partial charge in [-0.2, -0.15) is 5.26 Å². The molecule has 0 radical (unpaired) electrons. The monoisotopic (exact) mass is 475 g/mol. The van der Waals surface area contributed by atoms with E-state index in [0.29, 0.717) is 5.92 Å². The van der Waals surface area contributed by atoms with E-state index in [0.717, 1.165) is 62.3 Å². The summed E-state index contributed by atoms with van der Waals surface area (Å²) in [5.74, 6) is 2.21. The van der Waals surface area contributed by atoms with Crippen molar-refractivity contribution in [2.45, 2.75) is 110 Å². The molecule has 1 heterocycles. The Morgan fingerprint density at radius 2 is 1.51 bits per heavy atom. The zero-order valence-corrected chi connectivity index (χ0v) is 22.1. The summed E-state index contributed by atoms with van der Waals surface area (Å²) in [5.41, 5.74) is 2.14. The second-order valence-corrected chi connectivity index (χ2v) is 10.6. The van der Waals surface area contributed by atoms with Gasteiger partial charge < -0.3 is 4.74 Å². The quantitative estimate of drug-likeness (QED) is 0.242. The van der Waals surface area contributed by atoms with Crippen molar-refractivity contribution in [2.75, 3.05) is 6.61 Å². The van der Waals surface area contributed by atoms with E-state index in [1.807, 2.05) is 36.7 Å². The van der Waals surface area contributed by atoms with E-state index >= 15 is 0 Å². The van der Waals surface area contributed by atoms with Crippen LogP contribution in [0.4, 0.5) is 0 Å². The van der Waals surface area contributed by atoms with Crippen LogP contribution in [-0.4, -0.2) is 16.6 Å². The van der Waals surface area contributed by atoms with Crippen molar-refractivity contribution < 1.29 is 4.74 Å². The van der Waals surface area contributed by atoms with Gasteiger partial charge in [0.1, 0.15) is 5.75 Å². The molecule has 4 nitrogen and oxygen atoms in total. The average Bonchev–Trinajstić information content (AvgIpc) is 2.91. The van der Waals surface area contributed by atoms with Gasteiger partial charge >= 0.3 is 0 Å². The maximum atomic E-state index is 9.87. The van der Waals surface area contributed by atoms with Crippen molar-refractivity contribution in [3.63, 3.8) is 0 Å². The van der Waals surface area contributed by atoms with Gasteiger partial charge in [0.05, 0.1) is 18.1 Å². The van der Waals surface area contributed by atoms with Crippen molar-refractivity contribution in [1.29, 1.82) is 5.26 Å². The summed E-state index contributed by atoms with van der Waals surface area (Å²) in [7, 11) is 0. The molecule has 190 valence electrons. The lowest BCUT2D eigenvalue weighted by Gasteiger charge is -2.35. The Kier molecular flexibility index (Phi) is 11.5. The highest BCUT2D eigenvalue weighted by molar-refractivity contribution is 5.55. The minimum absolute atomic E-state index is 0.0888. The van der Waals surface area contributed by atoms with E-state index in [1.165, 1.54) is 63.4 Å². The lowest BCUT2D eigenvalue weighted by atomic mass is 9.69. The zero-order chi connectivity index (χ0) is 24.8. The Bertz CT molecular complexity index is 877. The summed E-state index contributed by atoms with van der Waals surface area (Å²) in [6.45, 7) is 5.21. The molecule has 1 aliphatic carbocycles. The number of nitriles is 1. The van der Waals surface area contributed by atoms with Crippen LogP contribution in [-0.2, 0) is 6.42 Å². The minimum atomic E-state index is -0.0888. The molecule has 0 atom stereocenters. The van der Waals surface area contributed by atoms with Gasteiger partial charge in [0.25, 0.3) is 0 Å². The molecule has 4 heteroatoms. The van der Waals surface area contributed by atoms with Gasteiger partial charge in [0.15, 0.2) is 5.82 Å². The van der Waals surface area contributed by atoms with E-state index in [2.05, 4.69) is 29.9 Å². The molecule has 1 aliphatic rings. The normalized spacial score (nSPS) is 19.9. The number of aryl methyl sites for hydroxylation is 1. The number of hydrogen-bond donors (Lipinski definition) is 0. The highest BCUT2D eigenvalue weighted by Crippen LogP contribution is 2.42. The molecular formula is C31H45N3O. The molecule has 3 rings (SSSR count). The molecule has 1 aromatic heterocycles. The van der Waals surface area contributed by atoms with Crippen molar-refractivity contribution in [1.82, 2.24) is 9.97 Å². The zero-order valence-electron chi connectivity index (χ0n) is 22.1. The lowest BCUT2D eigenvalue weighted by Crippen LogP contribution is -2.28. The predicted molar refractivity (Wildman–Crippen MR) is 144 cm³/mol. The standard InChI is InChI=1S/C31H45N3O/c1-3-5-7-8-9-11-19-31(25-32)20-17-26(18-21-31)24-35-29-15-13-28(14-16-29)30-33-22-27(23-34-30)12-10-6-4-2/h13-16,22-23,26H,3-12,17-21,24H2,1-2H3/t26-,31-. The van der Waals surface area contributed by atoms with Gasteiger partial charge in [-0.1, -0.05) is 65.2 Å². The largest absolute Gasteiger partial charge is 0.493 e. The first kappa shape index (κ1) is 27.2. The molecule has 0 unspecified atom stereocenters. The van der Waals surface area contributed by atoms with Crippen molar-refractivity contribution >= 4 is 0 Å². The van der Waals surface area contributed by atoms with Crippen molar-refractivity contribution in [3.8, 4) is 23.2 Å². The summed E-state index contributed by atoms with van der Waals surface area (Å²) >= 11 is 0. The second-order valence-electron chi connectivity index (χ2n) is 10.6. The van der Waals surface area contributed by atoms with Crippen LogP contribution in [0.2, 0.25) is 0 Å². The van der Waals surface area contributed by atoms with Gasteiger partial charge in [0.2, 0.25) is 0 Å². The number of aromatic nitrogens is 2. The Hall–Kier alpha value is -2.41. The van der Waals surface area contributed by atoms with Gasteiger partial charge in [-0.25, -0.2) is 9.97 Å². The molecule has 0 N–H and O–H groups in total. The van der Waals surface area contributed by atoms with Crippen LogP contribution >= 0.6 is 0 Å². The number of hydrogen-bond acceptors (Lipinski definition) is 4. The van der Waals surface area contributed by atoms with E-state index in [9.17, 15) is 5.26 Å². The SMILES string of the molecule is CCCCCCCC[C@]1(C#N)CC[C@H](COc2ccc(-c3ncc(CCCCC)cn3)cc2)CC1. The fraction of sp³-hybridized carbons (Fsp3) is 0.645. The highest BCUT2D eigenvalue weighted by Gasteiger charge is 2.35. The first-order valence-corrected chi connectivity index (χ1v) is 14.1. The Morgan fingerprint density at radius 3 is 2.17 bits per heavy atom. The average molecular weight is 476 g/mol. The molecule has 2 aromatic rings. The van der Waals surface area contributed by atoms with E-state index in [1.54, 1.807) is 0 Å². The Morgan fingerprint density at radius 1 is 0.886 bits per heavy atom. The van der Waals surface area contributed by atoms with Crippen LogP contribution in [0, 0.1) is 22.7 Å². The van der Waals surface area contributed by atoms with Gasteiger partial charge in [-0.15, -0.1) is 0 Å². The third-order valence-electron chi connectivity index (χ3n) is 7.68. The lowest BCUT2D eigenvalue weighted by molar-refractivity contribution is 0.144. The van der Waals surface area contributed by atoms with Gasteiger partial charge in [0, 0.05) is 18.0 Å². The fourth-order valence-corrected chi connectivity index (χ4v) is 5.18. The van der Waals surface area contributed by atoms with Gasteiger partial charge in [-0.05, 0) is 80.7 Å². The van der Waals surface area contributed by atoms with Crippen LogP contribution < -0.4 is 4.74 Å². The molecule has 0 bridgehead atoms. The van der Waals surface area contributed by atoms with Crippen LogP contribution in [0.15, 0.2) is 36.7 Å². The number of benzene rings is 1. The second kappa shape index (κ2) is 14.9. The first-order valence-electron chi connectivity index (χ1n) is 14.1. The summed E-state index contributed by atoms with van der Waals surface area (Å²) in [5, 5.41) is 9.87. The van der Waals surface area contributed by atoms with E-state index < -0.39 is 0 Å². The first-order chi connectivity index (χ1) is 17.2. The maximum absolute atomic E-state index is 9.87. The molecule has 1 saturated carbocycles. The Balaban J connectivity index is 1.39. The van der Waals surface area contributed by atoms with Crippen molar-refractivity contribution in [3.05, 3.63) is 42.2 Å². The summed E-state index contributed by atoms with van der Waals surface area (Å²) < 4.78 is 6.12. The van der Waals surface area contributed by atoms with Crippen LogP contribution in [0.5, 0.6) is 5.75 Å². The van der Waals surface area contributed by atoms with Crippen LogP contribution in [0.25, 0.3) is 11.4 Å².